The molecule has 0 aromatic carbocycles. The van der Waals surface area contributed by atoms with Crippen molar-refractivity contribution in [1.29, 1.82) is 0 Å². The van der Waals surface area contributed by atoms with Crippen LogP contribution in [-0.2, 0) is 6.42 Å². The molecule has 54 valence electrons. The lowest BCUT2D eigenvalue weighted by atomic mass is 10.2. The first-order valence-corrected chi connectivity index (χ1v) is 3.22. The number of hydrogen-bond acceptors (Lipinski definition) is 3. The summed E-state index contributed by atoms with van der Waals surface area (Å²) in [5.74, 6) is 0. The molecule has 0 aliphatic rings. The summed E-state index contributed by atoms with van der Waals surface area (Å²) < 4.78 is 0. The molecule has 1 rings (SSSR count). The van der Waals surface area contributed by atoms with Gasteiger partial charge in [0.2, 0.25) is 0 Å². The Hall–Kier alpha value is -0.960. The topological polar surface area (TPSA) is 46.0 Å². The van der Waals surface area contributed by atoms with E-state index < -0.39 is 0 Å². The number of aliphatic hydroxyl groups excluding tert-OH is 1. The molecule has 1 unspecified atom stereocenters. The molecule has 1 N–H and O–H groups in total. The molecule has 0 fully saturated rings. The molecule has 1 heterocycles. The van der Waals surface area contributed by atoms with Crippen LogP contribution in [0, 0.1) is 0 Å². The first-order chi connectivity index (χ1) is 4.79. The highest BCUT2D eigenvalue weighted by molar-refractivity contribution is 4.98. The van der Waals surface area contributed by atoms with Gasteiger partial charge in [0.25, 0.3) is 0 Å². The van der Waals surface area contributed by atoms with Crippen LogP contribution >= 0.6 is 0 Å². The predicted molar refractivity (Wildman–Crippen MR) is 37.4 cm³/mol. The Bertz CT molecular complexity index is 186. The zero-order valence-electron chi connectivity index (χ0n) is 5.86. The largest absolute Gasteiger partial charge is 0.393 e. The van der Waals surface area contributed by atoms with Gasteiger partial charge in [-0.15, -0.1) is 0 Å². The quantitative estimate of drug-likeness (QED) is 0.643. The number of hydrogen-bond donors (Lipinski definition) is 1. The Balaban J connectivity index is 2.59. The Labute approximate surface area is 59.8 Å². The van der Waals surface area contributed by atoms with Gasteiger partial charge in [0, 0.05) is 18.3 Å². The molecule has 0 saturated carbocycles. The van der Waals surface area contributed by atoms with Crippen LogP contribution in [-0.4, -0.2) is 21.2 Å². The fourth-order valence-corrected chi connectivity index (χ4v) is 0.741. The summed E-state index contributed by atoms with van der Waals surface area (Å²) in [6.45, 7) is 1.74. The SMILES string of the molecule is CC(O)Cc1ccncn1. The number of nitrogens with zero attached hydrogens (tertiary/aromatic N) is 2. The lowest BCUT2D eigenvalue weighted by molar-refractivity contribution is 0.194. The van der Waals surface area contributed by atoms with Crippen LogP contribution in [0.4, 0.5) is 0 Å². The van der Waals surface area contributed by atoms with Crippen molar-refractivity contribution < 1.29 is 5.11 Å². The Morgan fingerprint density at radius 3 is 3.00 bits per heavy atom. The first kappa shape index (κ1) is 7.15. The van der Waals surface area contributed by atoms with Crippen molar-refractivity contribution in [2.45, 2.75) is 19.4 Å². The van der Waals surface area contributed by atoms with Crippen molar-refractivity contribution in [3.05, 3.63) is 24.3 Å². The minimum atomic E-state index is -0.324. The van der Waals surface area contributed by atoms with Crippen LogP contribution < -0.4 is 0 Å². The van der Waals surface area contributed by atoms with Gasteiger partial charge in [-0.05, 0) is 13.0 Å². The van der Waals surface area contributed by atoms with Gasteiger partial charge in [-0.2, -0.15) is 0 Å². The summed E-state index contributed by atoms with van der Waals surface area (Å²) in [6.07, 6.45) is 3.43. The smallest absolute Gasteiger partial charge is 0.115 e. The lowest BCUT2D eigenvalue weighted by Gasteiger charge is -2.00. The minimum absolute atomic E-state index is 0.324. The highest BCUT2D eigenvalue weighted by Gasteiger charge is 1.97. The average molecular weight is 138 g/mol. The molecule has 0 aliphatic carbocycles. The Kier molecular flexibility index (Phi) is 2.34. The fraction of sp³-hybridized carbons (Fsp3) is 0.429. The van der Waals surface area contributed by atoms with Crippen LogP contribution in [0.3, 0.4) is 0 Å². The fourth-order valence-electron chi connectivity index (χ4n) is 0.741. The van der Waals surface area contributed by atoms with E-state index in [2.05, 4.69) is 9.97 Å². The van der Waals surface area contributed by atoms with Crippen molar-refractivity contribution in [3.63, 3.8) is 0 Å². The third-order valence-electron chi connectivity index (χ3n) is 1.15. The number of rotatable bonds is 2. The molecule has 3 heteroatoms. The summed E-state index contributed by atoms with van der Waals surface area (Å²) in [4.78, 5) is 7.71. The van der Waals surface area contributed by atoms with Gasteiger partial charge in [0.1, 0.15) is 6.33 Å². The maximum Gasteiger partial charge on any atom is 0.115 e. The molecular formula is C7H10N2O. The van der Waals surface area contributed by atoms with Crippen LogP contribution in [0.25, 0.3) is 0 Å². The first-order valence-electron chi connectivity index (χ1n) is 3.22. The third-order valence-corrected chi connectivity index (χ3v) is 1.15. The predicted octanol–water partition coefficient (Wildman–Crippen LogP) is 0.400. The summed E-state index contributed by atoms with van der Waals surface area (Å²) in [7, 11) is 0. The lowest BCUT2D eigenvalue weighted by Crippen LogP contribution is -2.05. The molecule has 0 aliphatic heterocycles. The van der Waals surface area contributed by atoms with Gasteiger partial charge < -0.3 is 5.11 Å². The second kappa shape index (κ2) is 3.27. The summed E-state index contributed by atoms with van der Waals surface area (Å²) >= 11 is 0. The Morgan fingerprint density at radius 1 is 1.70 bits per heavy atom. The maximum atomic E-state index is 8.95. The van der Waals surface area contributed by atoms with E-state index in [4.69, 9.17) is 5.11 Å². The molecule has 0 bridgehead atoms. The van der Waals surface area contributed by atoms with E-state index in [9.17, 15) is 0 Å². The average Bonchev–Trinajstić information content (AvgIpc) is 1.88. The zero-order valence-corrected chi connectivity index (χ0v) is 5.86. The third kappa shape index (κ3) is 2.11. The van der Waals surface area contributed by atoms with Crippen molar-refractivity contribution in [1.82, 2.24) is 9.97 Å². The monoisotopic (exact) mass is 138 g/mol. The molecule has 0 amide bonds. The van der Waals surface area contributed by atoms with E-state index in [0.29, 0.717) is 6.42 Å². The van der Waals surface area contributed by atoms with Crippen molar-refractivity contribution in [2.24, 2.45) is 0 Å². The Morgan fingerprint density at radius 2 is 2.50 bits per heavy atom. The van der Waals surface area contributed by atoms with Gasteiger partial charge in [0.05, 0.1) is 6.10 Å². The summed E-state index contributed by atoms with van der Waals surface area (Å²) in [5.41, 5.74) is 0.880. The van der Waals surface area contributed by atoms with E-state index in [0.717, 1.165) is 5.69 Å². The van der Waals surface area contributed by atoms with Crippen LogP contribution in [0.5, 0.6) is 0 Å². The van der Waals surface area contributed by atoms with Crippen molar-refractivity contribution in [2.75, 3.05) is 0 Å². The number of aromatic nitrogens is 2. The van der Waals surface area contributed by atoms with Crippen molar-refractivity contribution in [3.8, 4) is 0 Å². The number of aliphatic hydroxyl groups is 1. The minimum Gasteiger partial charge on any atom is -0.393 e. The maximum absolute atomic E-state index is 8.95. The summed E-state index contributed by atoms with van der Waals surface area (Å²) in [6, 6.07) is 1.80. The van der Waals surface area contributed by atoms with Crippen molar-refractivity contribution >= 4 is 0 Å². The van der Waals surface area contributed by atoms with Gasteiger partial charge in [-0.1, -0.05) is 0 Å². The second-order valence-electron chi connectivity index (χ2n) is 2.25. The molecule has 1 atom stereocenters. The molecule has 1 aromatic rings. The van der Waals surface area contributed by atoms with Gasteiger partial charge in [-0.25, -0.2) is 9.97 Å². The van der Waals surface area contributed by atoms with Gasteiger partial charge >= 0.3 is 0 Å². The van der Waals surface area contributed by atoms with E-state index in [1.165, 1.54) is 6.33 Å². The van der Waals surface area contributed by atoms with Crippen LogP contribution in [0.2, 0.25) is 0 Å². The van der Waals surface area contributed by atoms with Gasteiger partial charge in [0.15, 0.2) is 0 Å². The molecule has 10 heavy (non-hydrogen) atoms. The van der Waals surface area contributed by atoms with Crippen LogP contribution in [0.15, 0.2) is 18.6 Å². The van der Waals surface area contributed by atoms with E-state index in [1.807, 2.05) is 0 Å². The van der Waals surface area contributed by atoms with E-state index in [-0.39, 0.29) is 6.10 Å². The van der Waals surface area contributed by atoms with Gasteiger partial charge in [-0.3, -0.25) is 0 Å². The van der Waals surface area contributed by atoms with E-state index in [1.54, 1.807) is 19.2 Å². The summed E-state index contributed by atoms with van der Waals surface area (Å²) in [5, 5.41) is 8.95. The molecule has 0 radical (unpaired) electrons. The zero-order chi connectivity index (χ0) is 7.40. The highest BCUT2D eigenvalue weighted by Crippen LogP contribution is 1.95. The molecule has 3 nitrogen and oxygen atoms in total. The molecule has 1 aromatic heterocycles. The van der Waals surface area contributed by atoms with E-state index >= 15 is 0 Å². The highest BCUT2D eigenvalue weighted by atomic mass is 16.3. The second-order valence-corrected chi connectivity index (χ2v) is 2.25. The normalized spacial score (nSPS) is 13.0. The molecule has 0 spiro atoms. The standard InChI is InChI=1S/C7H10N2O/c1-6(10)4-7-2-3-8-5-9-7/h2-3,5-6,10H,4H2,1H3. The van der Waals surface area contributed by atoms with Crippen LogP contribution in [0.1, 0.15) is 12.6 Å². The molecular weight excluding hydrogens is 128 g/mol. The molecule has 0 saturated heterocycles.